The predicted octanol–water partition coefficient (Wildman–Crippen LogP) is 2.05. The molecule has 3 nitrogen and oxygen atoms in total. The van der Waals surface area contributed by atoms with E-state index in [0.29, 0.717) is 12.0 Å². The third-order valence-electron chi connectivity index (χ3n) is 4.14. The molecule has 0 radical (unpaired) electrons. The van der Waals surface area contributed by atoms with Gasteiger partial charge in [-0.3, -0.25) is 10.1 Å². The van der Waals surface area contributed by atoms with Crippen LogP contribution < -0.4 is 5.32 Å². The molecule has 19 heavy (non-hydrogen) atoms. The SMILES string of the molecule is CC1CC(c2ccccc2)CN1C(=O)C1CSCN1. The number of likely N-dealkylation sites (tertiary alicyclic amines) is 1. The van der Waals surface area contributed by atoms with Gasteiger partial charge in [0.2, 0.25) is 5.91 Å². The van der Waals surface area contributed by atoms with Crippen LogP contribution in [0.2, 0.25) is 0 Å². The van der Waals surface area contributed by atoms with E-state index in [2.05, 4.69) is 41.4 Å². The molecule has 3 atom stereocenters. The summed E-state index contributed by atoms with van der Waals surface area (Å²) in [4.78, 5) is 14.6. The number of nitrogens with zero attached hydrogens (tertiary/aromatic N) is 1. The summed E-state index contributed by atoms with van der Waals surface area (Å²) in [6.45, 7) is 3.04. The average Bonchev–Trinajstić information content (AvgIpc) is 3.08. The van der Waals surface area contributed by atoms with Gasteiger partial charge in [0, 0.05) is 30.1 Å². The normalized spacial score (nSPS) is 30.8. The number of thioether (sulfide) groups is 1. The lowest BCUT2D eigenvalue weighted by Crippen LogP contribution is -2.46. The van der Waals surface area contributed by atoms with Crippen LogP contribution in [0.3, 0.4) is 0 Å². The monoisotopic (exact) mass is 276 g/mol. The van der Waals surface area contributed by atoms with Crippen LogP contribution in [0.25, 0.3) is 0 Å². The molecule has 2 aliphatic heterocycles. The predicted molar refractivity (Wildman–Crippen MR) is 79.2 cm³/mol. The van der Waals surface area contributed by atoms with Gasteiger partial charge in [-0.1, -0.05) is 30.3 Å². The molecule has 0 bridgehead atoms. The molecule has 0 aliphatic carbocycles. The maximum Gasteiger partial charge on any atom is 0.240 e. The van der Waals surface area contributed by atoms with Crippen LogP contribution in [0, 0.1) is 0 Å². The minimum absolute atomic E-state index is 0.0296. The number of nitrogens with one attached hydrogen (secondary N) is 1. The second kappa shape index (κ2) is 5.55. The lowest BCUT2D eigenvalue weighted by molar-refractivity contribution is -0.133. The molecule has 0 spiro atoms. The fourth-order valence-corrected chi connectivity index (χ4v) is 3.99. The molecular weight excluding hydrogens is 256 g/mol. The number of carbonyl (C=O) groups is 1. The van der Waals surface area contributed by atoms with E-state index in [4.69, 9.17) is 0 Å². The summed E-state index contributed by atoms with van der Waals surface area (Å²) in [5.41, 5.74) is 1.36. The summed E-state index contributed by atoms with van der Waals surface area (Å²) in [5.74, 6) is 2.60. The highest BCUT2D eigenvalue weighted by Gasteiger charge is 2.36. The Morgan fingerprint density at radius 2 is 2.16 bits per heavy atom. The molecule has 2 fully saturated rings. The first-order valence-electron chi connectivity index (χ1n) is 6.92. The Morgan fingerprint density at radius 3 is 2.84 bits per heavy atom. The Morgan fingerprint density at radius 1 is 1.37 bits per heavy atom. The second-order valence-electron chi connectivity index (χ2n) is 5.45. The molecule has 2 saturated heterocycles. The lowest BCUT2D eigenvalue weighted by Gasteiger charge is -2.24. The van der Waals surface area contributed by atoms with Crippen LogP contribution in [0.15, 0.2) is 30.3 Å². The van der Waals surface area contributed by atoms with E-state index in [-0.39, 0.29) is 11.9 Å². The van der Waals surface area contributed by atoms with Crippen molar-refractivity contribution in [2.24, 2.45) is 0 Å². The summed E-state index contributed by atoms with van der Waals surface area (Å²) >= 11 is 1.81. The van der Waals surface area contributed by atoms with Crippen molar-refractivity contribution in [1.82, 2.24) is 10.2 Å². The van der Waals surface area contributed by atoms with Crippen molar-refractivity contribution in [2.45, 2.75) is 31.3 Å². The van der Waals surface area contributed by atoms with E-state index in [1.54, 1.807) is 0 Å². The molecule has 3 unspecified atom stereocenters. The topological polar surface area (TPSA) is 32.3 Å². The Hall–Kier alpha value is -1.000. The van der Waals surface area contributed by atoms with E-state index in [1.807, 2.05) is 17.8 Å². The largest absolute Gasteiger partial charge is 0.338 e. The maximum absolute atomic E-state index is 12.5. The van der Waals surface area contributed by atoms with Crippen LogP contribution in [-0.2, 0) is 4.79 Å². The van der Waals surface area contributed by atoms with E-state index in [0.717, 1.165) is 24.6 Å². The zero-order valence-electron chi connectivity index (χ0n) is 11.2. The van der Waals surface area contributed by atoms with Crippen LogP contribution in [0.1, 0.15) is 24.8 Å². The molecule has 2 heterocycles. The first-order chi connectivity index (χ1) is 9.25. The molecule has 1 amide bonds. The standard InChI is InChI=1S/C15H20N2OS/c1-11-7-13(12-5-3-2-4-6-12)8-17(11)15(18)14-9-19-10-16-14/h2-6,11,13-14,16H,7-10H2,1H3. The number of benzene rings is 1. The molecule has 2 aliphatic rings. The third-order valence-corrected chi connectivity index (χ3v) is 5.08. The van der Waals surface area contributed by atoms with Crippen LogP contribution in [0.4, 0.5) is 0 Å². The molecule has 3 rings (SSSR count). The van der Waals surface area contributed by atoms with Crippen LogP contribution >= 0.6 is 11.8 Å². The number of amides is 1. The van der Waals surface area contributed by atoms with Gasteiger partial charge in [0.15, 0.2) is 0 Å². The van der Waals surface area contributed by atoms with Crippen molar-refractivity contribution >= 4 is 17.7 Å². The second-order valence-corrected chi connectivity index (χ2v) is 6.49. The fraction of sp³-hybridized carbons (Fsp3) is 0.533. The molecule has 0 saturated carbocycles. The Kier molecular flexibility index (Phi) is 3.80. The van der Waals surface area contributed by atoms with Crippen molar-refractivity contribution in [2.75, 3.05) is 18.2 Å². The van der Waals surface area contributed by atoms with Crippen molar-refractivity contribution in [3.63, 3.8) is 0 Å². The zero-order valence-corrected chi connectivity index (χ0v) is 12.0. The summed E-state index contributed by atoms with van der Waals surface area (Å²) in [6.07, 6.45) is 1.08. The van der Waals surface area contributed by atoms with Crippen molar-refractivity contribution < 1.29 is 4.79 Å². The number of carbonyl (C=O) groups excluding carboxylic acids is 1. The highest BCUT2D eigenvalue weighted by Crippen LogP contribution is 2.32. The van der Waals surface area contributed by atoms with E-state index in [9.17, 15) is 4.79 Å². The Bertz CT molecular complexity index is 445. The quantitative estimate of drug-likeness (QED) is 0.897. The molecule has 1 aromatic rings. The van der Waals surface area contributed by atoms with Gasteiger partial charge >= 0.3 is 0 Å². The Labute approximate surface area is 118 Å². The van der Waals surface area contributed by atoms with Gasteiger partial charge in [0.1, 0.15) is 0 Å². The number of hydrogen-bond donors (Lipinski definition) is 1. The molecule has 4 heteroatoms. The van der Waals surface area contributed by atoms with Crippen molar-refractivity contribution in [3.05, 3.63) is 35.9 Å². The molecular formula is C15H20N2OS. The van der Waals surface area contributed by atoms with Gasteiger partial charge in [-0.15, -0.1) is 11.8 Å². The highest BCUT2D eigenvalue weighted by molar-refractivity contribution is 7.99. The van der Waals surface area contributed by atoms with Crippen LogP contribution in [0.5, 0.6) is 0 Å². The molecule has 102 valence electrons. The third kappa shape index (κ3) is 2.65. The summed E-state index contributed by atoms with van der Waals surface area (Å²) < 4.78 is 0. The minimum Gasteiger partial charge on any atom is -0.338 e. The van der Waals surface area contributed by atoms with Crippen molar-refractivity contribution in [3.8, 4) is 0 Å². The zero-order chi connectivity index (χ0) is 13.2. The Balaban J connectivity index is 1.69. The highest BCUT2D eigenvalue weighted by atomic mass is 32.2. The fourth-order valence-electron chi connectivity index (χ4n) is 3.06. The number of hydrogen-bond acceptors (Lipinski definition) is 3. The van der Waals surface area contributed by atoms with Gasteiger partial charge in [-0.2, -0.15) is 0 Å². The van der Waals surface area contributed by atoms with E-state index in [1.165, 1.54) is 5.56 Å². The maximum atomic E-state index is 12.5. The first-order valence-corrected chi connectivity index (χ1v) is 8.07. The van der Waals surface area contributed by atoms with Gasteiger partial charge < -0.3 is 4.90 Å². The van der Waals surface area contributed by atoms with Gasteiger partial charge in [0.05, 0.1) is 6.04 Å². The van der Waals surface area contributed by atoms with E-state index >= 15 is 0 Å². The molecule has 0 aromatic heterocycles. The summed E-state index contributed by atoms with van der Waals surface area (Å²) in [6, 6.07) is 10.9. The average molecular weight is 276 g/mol. The van der Waals surface area contributed by atoms with Gasteiger partial charge in [0.25, 0.3) is 0 Å². The lowest BCUT2D eigenvalue weighted by atomic mass is 9.97. The van der Waals surface area contributed by atoms with E-state index < -0.39 is 0 Å². The van der Waals surface area contributed by atoms with Crippen LogP contribution in [-0.4, -0.2) is 41.1 Å². The smallest absolute Gasteiger partial charge is 0.240 e. The van der Waals surface area contributed by atoms with Crippen molar-refractivity contribution in [1.29, 1.82) is 0 Å². The minimum atomic E-state index is 0.0296. The molecule has 1 N–H and O–H groups in total. The summed E-state index contributed by atoms with van der Waals surface area (Å²) in [5, 5.41) is 3.28. The summed E-state index contributed by atoms with van der Waals surface area (Å²) in [7, 11) is 0. The van der Waals surface area contributed by atoms with Gasteiger partial charge in [-0.05, 0) is 18.9 Å². The number of rotatable bonds is 2. The first kappa shape index (κ1) is 13.0. The molecule has 1 aromatic carbocycles. The van der Waals surface area contributed by atoms with Gasteiger partial charge in [-0.25, -0.2) is 0 Å².